The highest BCUT2D eigenvalue weighted by Crippen LogP contribution is 2.30. The molecule has 14 nitrogen and oxygen atoms in total. The van der Waals surface area contributed by atoms with Gasteiger partial charge < -0.3 is 35.3 Å². The van der Waals surface area contributed by atoms with Crippen molar-refractivity contribution in [1.82, 2.24) is 4.98 Å². The molecule has 1 aromatic carbocycles. The molecular formula is C23H34N6O8S. The second-order valence-corrected chi connectivity index (χ2v) is 8.70. The lowest BCUT2D eigenvalue weighted by Crippen LogP contribution is -2.17. The Morgan fingerprint density at radius 1 is 1.00 bits per heavy atom. The molecule has 0 saturated carbocycles. The van der Waals surface area contributed by atoms with Crippen LogP contribution in [-0.4, -0.2) is 87.7 Å². The molecule has 15 heteroatoms. The smallest absolute Gasteiger partial charge is 0.348 e. The van der Waals surface area contributed by atoms with E-state index in [0.29, 0.717) is 71.6 Å². The van der Waals surface area contributed by atoms with E-state index < -0.39 is 10.8 Å². The molecule has 2 rings (SSSR count). The number of ether oxygens (including phenoxy) is 4. The second kappa shape index (κ2) is 17.3. The van der Waals surface area contributed by atoms with Crippen LogP contribution < -0.4 is 21.7 Å². The summed E-state index contributed by atoms with van der Waals surface area (Å²) in [5, 5.41) is 19.3. The minimum atomic E-state index is -0.558. The first-order valence-electron chi connectivity index (χ1n) is 11.9. The first-order valence-corrected chi connectivity index (χ1v) is 12.7. The number of carbonyl (C=O) groups excluding carboxylic acids is 2. The standard InChI is InChI=1S/C23H34N6O8S/c1-16-22(29(32)33)38-23(26-16)28-21(31)19-4-3-18(15-20(19)27-17(2)30)25-6-8-35-10-12-37-14-13-36-11-9-34-7-5-24/h3-4,15,25H,5-14,24H2,1-2H3,(H,27,30)(H,26,28,31). The minimum Gasteiger partial charge on any atom is -0.383 e. The van der Waals surface area contributed by atoms with Crippen LogP contribution in [0.5, 0.6) is 0 Å². The molecule has 0 aliphatic heterocycles. The molecule has 0 unspecified atom stereocenters. The Morgan fingerprint density at radius 3 is 2.16 bits per heavy atom. The molecule has 0 aliphatic carbocycles. The molecule has 0 saturated heterocycles. The van der Waals surface area contributed by atoms with Gasteiger partial charge in [-0.25, -0.2) is 4.98 Å². The van der Waals surface area contributed by atoms with Gasteiger partial charge in [-0.2, -0.15) is 0 Å². The summed E-state index contributed by atoms with van der Waals surface area (Å²) in [6.07, 6.45) is 0. The average molecular weight is 555 g/mol. The largest absolute Gasteiger partial charge is 0.383 e. The Hall–Kier alpha value is -3.21. The first-order chi connectivity index (χ1) is 18.3. The molecule has 2 amide bonds. The molecule has 0 bridgehead atoms. The number of nitrogens with two attached hydrogens (primary N) is 1. The first kappa shape index (κ1) is 31.0. The maximum absolute atomic E-state index is 12.8. The summed E-state index contributed by atoms with van der Waals surface area (Å²) >= 11 is 0.761. The van der Waals surface area contributed by atoms with Gasteiger partial charge >= 0.3 is 5.00 Å². The lowest BCUT2D eigenvalue weighted by molar-refractivity contribution is -0.380. The van der Waals surface area contributed by atoms with Crippen molar-refractivity contribution in [3.05, 3.63) is 39.6 Å². The van der Waals surface area contributed by atoms with E-state index in [2.05, 4.69) is 20.9 Å². The Labute approximate surface area is 224 Å². The van der Waals surface area contributed by atoms with Gasteiger partial charge in [0.15, 0.2) is 5.13 Å². The van der Waals surface area contributed by atoms with Gasteiger partial charge in [0.25, 0.3) is 5.91 Å². The zero-order valence-electron chi connectivity index (χ0n) is 21.4. The topological polar surface area (TPSA) is 189 Å². The zero-order valence-corrected chi connectivity index (χ0v) is 22.3. The van der Waals surface area contributed by atoms with Gasteiger partial charge in [0.05, 0.1) is 69.0 Å². The van der Waals surface area contributed by atoms with Crippen LogP contribution in [0.3, 0.4) is 0 Å². The van der Waals surface area contributed by atoms with E-state index in [0.717, 1.165) is 11.3 Å². The van der Waals surface area contributed by atoms with Crippen molar-refractivity contribution < 1.29 is 33.5 Å². The lowest BCUT2D eigenvalue weighted by atomic mass is 10.1. The molecule has 1 heterocycles. The van der Waals surface area contributed by atoms with Gasteiger partial charge in [-0.1, -0.05) is 0 Å². The van der Waals surface area contributed by atoms with Crippen molar-refractivity contribution in [3.8, 4) is 0 Å². The number of thiazole rings is 1. The number of carbonyl (C=O) groups is 2. The van der Waals surface area contributed by atoms with E-state index in [1.54, 1.807) is 18.2 Å². The van der Waals surface area contributed by atoms with Crippen LogP contribution in [0.15, 0.2) is 18.2 Å². The quantitative estimate of drug-likeness (QED) is 0.113. The number of benzene rings is 1. The zero-order chi connectivity index (χ0) is 27.8. The van der Waals surface area contributed by atoms with Crippen molar-refractivity contribution in [2.24, 2.45) is 5.73 Å². The Kier molecular flexibility index (Phi) is 14.1. The maximum atomic E-state index is 12.8. The highest BCUT2D eigenvalue weighted by atomic mass is 32.1. The van der Waals surface area contributed by atoms with Gasteiger partial charge in [0, 0.05) is 25.7 Å². The lowest BCUT2D eigenvalue weighted by Gasteiger charge is -2.13. The van der Waals surface area contributed by atoms with Crippen LogP contribution in [-0.2, 0) is 23.7 Å². The Bertz CT molecular complexity index is 1050. The average Bonchev–Trinajstić information content (AvgIpc) is 3.24. The van der Waals surface area contributed by atoms with Crippen LogP contribution in [0, 0.1) is 17.0 Å². The predicted molar refractivity (Wildman–Crippen MR) is 143 cm³/mol. The summed E-state index contributed by atoms with van der Waals surface area (Å²) in [6.45, 7) is 7.53. The van der Waals surface area contributed by atoms with Crippen LogP contribution in [0.25, 0.3) is 0 Å². The van der Waals surface area contributed by atoms with E-state index in [1.807, 2.05) is 0 Å². The van der Waals surface area contributed by atoms with Crippen LogP contribution in [0.1, 0.15) is 23.0 Å². The third kappa shape index (κ3) is 11.5. The number of anilines is 3. The van der Waals surface area contributed by atoms with Gasteiger partial charge in [0.2, 0.25) is 5.91 Å². The third-order valence-electron chi connectivity index (χ3n) is 4.69. The molecule has 0 fully saturated rings. The van der Waals surface area contributed by atoms with Crippen molar-refractivity contribution in [1.29, 1.82) is 0 Å². The fourth-order valence-electron chi connectivity index (χ4n) is 3.03. The van der Waals surface area contributed by atoms with Gasteiger partial charge in [-0.05, 0) is 36.5 Å². The van der Waals surface area contributed by atoms with E-state index >= 15 is 0 Å². The third-order valence-corrected chi connectivity index (χ3v) is 5.71. The fourth-order valence-corrected chi connectivity index (χ4v) is 3.81. The molecule has 38 heavy (non-hydrogen) atoms. The van der Waals surface area contributed by atoms with Crippen LogP contribution in [0.2, 0.25) is 0 Å². The second-order valence-electron chi connectivity index (χ2n) is 7.73. The molecule has 0 spiro atoms. The highest BCUT2D eigenvalue weighted by Gasteiger charge is 2.20. The molecule has 0 radical (unpaired) electrons. The Morgan fingerprint density at radius 2 is 1.61 bits per heavy atom. The van der Waals surface area contributed by atoms with Crippen molar-refractivity contribution >= 4 is 44.7 Å². The van der Waals surface area contributed by atoms with Gasteiger partial charge in [-0.3, -0.25) is 25.0 Å². The highest BCUT2D eigenvalue weighted by molar-refractivity contribution is 7.19. The monoisotopic (exact) mass is 554 g/mol. The van der Waals surface area contributed by atoms with Crippen molar-refractivity contribution in [3.63, 3.8) is 0 Å². The summed E-state index contributed by atoms with van der Waals surface area (Å²) < 4.78 is 21.5. The summed E-state index contributed by atoms with van der Waals surface area (Å²) in [5.74, 6) is -0.914. The molecule has 0 aliphatic rings. The summed E-state index contributed by atoms with van der Waals surface area (Å²) in [7, 11) is 0. The van der Waals surface area contributed by atoms with Crippen molar-refractivity contribution in [2.75, 3.05) is 81.9 Å². The summed E-state index contributed by atoms with van der Waals surface area (Å²) in [5.41, 5.74) is 6.66. The van der Waals surface area contributed by atoms with Crippen LogP contribution in [0.4, 0.5) is 21.5 Å². The summed E-state index contributed by atoms with van der Waals surface area (Å²) in [6, 6.07) is 4.84. The molecule has 210 valence electrons. The number of nitro groups is 1. The fraction of sp³-hybridized carbons (Fsp3) is 0.522. The summed E-state index contributed by atoms with van der Waals surface area (Å²) in [4.78, 5) is 39.0. The number of hydrogen-bond acceptors (Lipinski definition) is 12. The number of nitrogens with zero attached hydrogens (tertiary/aromatic N) is 2. The molecule has 2 aromatic rings. The van der Waals surface area contributed by atoms with E-state index in [1.165, 1.54) is 13.8 Å². The number of rotatable bonds is 19. The van der Waals surface area contributed by atoms with Gasteiger partial charge in [0.1, 0.15) is 5.69 Å². The maximum Gasteiger partial charge on any atom is 0.348 e. The molecular weight excluding hydrogens is 520 g/mol. The van der Waals surface area contributed by atoms with Gasteiger partial charge in [-0.15, -0.1) is 0 Å². The Balaban J connectivity index is 1.73. The predicted octanol–water partition coefficient (Wildman–Crippen LogP) is 2.01. The molecule has 0 atom stereocenters. The molecule has 1 aromatic heterocycles. The van der Waals surface area contributed by atoms with Crippen molar-refractivity contribution in [2.45, 2.75) is 13.8 Å². The number of amides is 2. The minimum absolute atomic E-state index is 0.0942. The van der Waals surface area contributed by atoms with E-state index in [9.17, 15) is 19.7 Å². The SMILES string of the molecule is CC(=O)Nc1cc(NCCOCCOCCOCCOCCN)ccc1C(=O)Nc1nc(C)c([N+](=O)[O-])s1. The van der Waals surface area contributed by atoms with E-state index in [-0.39, 0.29) is 33.0 Å². The number of hydrogen-bond donors (Lipinski definition) is 4. The molecule has 5 N–H and O–H groups in total. The number of aryl methyl sites for hydroxylation is 1. The number of nitrogens with one attached hydrogen (secondary N) is 3. The number of aromatic nitrogens is 1. The van der Waals surface area contributed by atoms with Crippen LogP contribution >= 0.6 is 11.3 Å². The normalized spacial score (nSPS) is 10.8. The van der Waals surface area contributed by atoms with E-state index in [4.69, 9.17) is 24.7 Å².